The lowest BCUT2D eigenvalue weighted by atomic mass is 10.0. The van der Waals surface area contributed by atoms with E-state index in [2.05, 4.69) is 13.8 Å². The van der Waals surface area contributed by atoms with Crippen molar-refractivity contribution in [1.82, 2.24) is 0 Å². The van der Waals surface area contributed by atoms with Crippen LogP contribution < -0.4 is 5.11 Å². The third-order valence-electron chi connectivity index (χ3n) is 14.0. The Hall–Kier alpha value is -1.67. The number of hydrogen-bond acceptors (Lipinski definition) is 7. The number of ether oxygens (including phenoxy) is 3. The van der Waals surface area contributed by atoms with Crippen molar-refractivity contribution in [2.24, 2.45) is 0 Å². The van der Waals surface area contributed by atoms with E-state index in [0.29, 0.717) is 12.8 Å². The second kappa shape index (κ2) is 50.7. The van der Waals surface area contributed by atoms with Gasteiger partial charge >= 0.3 is 11.9 Å². The van der Waals surface area contributed by atoms with Crippen LogP contribution in [0.15, 0.2) is 0 Å². The molecular weight excluding hydrogens is 835 g/mol. The van der Waals surface area contributed by atoms with E-state index in [1.807, 2.05) is 21.1 Å². The van der Waals surface area contributed by atoms with Gasteiger partial charge in [-0.25, -0.2) is 0 Å². The molecule has 0 aromatic rings. The summed E-state index contributed by atoms with van der Waals surface area (Å²) < 4.78 is 17.3. The summed E-state index contributed by atoms with van der Waals surface area (Å²) in [7, 11) is 5.44. The first-order chi connectivity index (χ1) is 32.6. The van der Waals surface area contributed by atoms with Crippen LogP contribution >= 0.6 is 0 Å². The zero-order chi connectivity index (χ0) is 49.2. The lowest BCUT2D eigenvalue weighted by Gasteiger charge is -2.34. The molecule has 2 atom stereocenters. The smallest absolute Gasteiger partial charge is 0.306 e. The number of aliphatic carboxylic acids is 1. The summed E-state index contributed by atoms with van der Waals surface area (Å²) in [4.78, 5) is 37.2. The van der Waals surface area contributed by atoms with Crippen LogP contribution in [0.3, 0.4) is 0 Å². The molecule has 0 saturated heterocycles. The van der Waals surface area contributed by atoms with Crippen molar-refractivity contribution in [3.63, 3.8) is 0 Å². The summed E-state index contributed by atoms with van der Waals surface area (Å²) in [5.74, 6) is -1.70. The lowest BCUT2D eigenvalue weighted by molar-refractivity contribution is -0.889. The van der Waals surface area contributed by atoms with Crippen molar-refractivity contribution in [3.05, 3.63) is 0 Å². The second-order valence-electron chi connectivity index (χ2n) is 21.6. The molecule has 2 unspecified atom stereocenters. The van der Waals surface area contributed by atoms with Crippen LogP contribution in [0.5, 0.6) is 0 Å². The summed E-state index contributed by atoms with van der Waals surface area (Å²) in [6, 6.07) is -0.721. The molecule has 0 amide bonds. The maximum atomic E-state index is 12.8. The molecule has 67 heavy (non-hydrogen) atoms. The van der Waals surface area contributed by atoms with Crippen molar-refractivity contribution in [1.29, 1.82) is 0 Å². The van der Waals surface area contributed by atoms with E-state index in [-0.39, 0.29) is 42.7 Å². The Morgan fingerprint density at radius 1 is 0.388 bits per heavy atom. The molecule has 0 radical (unpaired) electrons. The zero-order valence-corrected chi connectivity index (χ0v) is 45.6. The quantitative estimate of drug-likeness (QED) is 0.0340. The Morgan fingerprint density at radius 2 is 0.657 bits per heavy atom. The van der Waals surface area contributed by atoms with Crippen LogP contribution in [0, 0.1) is 0 Å². The van der Waals surface area contributed by atoms with Gasteiger partial charge in [-0.15, -0.1) is 0 Å². The molecule has 8 heteroatoms. The van der Waals surface area contributed by atoms with E-state index in [9.17, 15) is 19.5 Å². The van der Waals surface area contributed by atoms with Gasteiger partial charge in [0.05, 0.1) is 40.3 Å². The highest BCUT2D eigenvalue weighted by molar-refractivity contribution is 5.70. The maximum absolute atomic E-state index is 12.8. The Balaban J connectivity index is 4.09. The van der Waals surface area contributed by atoms with Gasteiger partial charge in [-0.2, -0.15) is 0 Å². The van der Waals surface area contributed by atoms with Gasteiger partial charge in [-0.1, -0.05) is 277 Å². The molecule has 0 aromatic carbocycles. The minimum Gasteiger partial charge on any atom is -0.544 e. The minimum absolute atomic E-state index is 0.0502. The molecule has 0 bridgehead atoms. The van der Waals surface area contributed by atoms with Gasteiger partial charge in [0.15, 0.2) is 6.10 Å². The van der Waals surface area contributed by atoms with Crippen LogP contribution in [-0.4, -0.2) is 75.5 Å². The molecule has 0 heterocycles. The molecular formula is C59H115NO7. The fraction of sp³-hybridized carbons (Fsp3) is 0.949. The van der Waals surface area contributed by atoms with E-state index in [4.69, 9.17) is 14.2 Å². The number of nitrogens with zero attached hydrogens (tertiary/aromatic N) is 1. The molecule has 398 valence electrons. The number of rotatable bonds is 55. The molecule has 0 aliphatic rings. The van der Waals surface area contributed by atoms with Crippen molar-refractivity contribution in [3.8, 4) is 0 Å². The number of carbonyl (C=O) groups excluding carboxylic acids is 3. The van der Waals surface area contributed by atoms with Gasteiger partial charge in [0.25, 0.3) is 0 Å². The van der Waals surface area contributed by atoms with Crippen molar-refractivity contribution in [2.45, 2.75) is 321 Å². The van der Waals surface area contributed by atoms with Gasteiger partial charge in [-0.3, -0.25) is 9.59 Å². The maximum Gasteiger partial charge on any atom is 0.306 e. The number of carboxylic acids is 1. The summed E-state index contributed by atoms with van der Waals surface area (Å²) in [5, 5.41) is 11.7. The van der Waals surface area contributed by atoms with E-state index in [0.717, 1.165) is 38.5 Å². The molecule has 8 nitrogen and oxygen atoms in total. The predicted octanol–water partition coefficient (Wildman–Crippen LogP) is 16.3. The largest absolute Gasteiger partial charge is 0.544 e. The van der Waals surface area contributed by atoms with Gasteiger partial charge < -0.3 is 28.6 Å². The van der Waals surface area contributed by atoms with Gasteiger partial charge in [-0.05, 0) is 12.8 Å². The number of carboxylic acid groups (broad SMARTS) is 1. The highest BCUT2D eigenvalue weighted by atomic mass is 16.6. The number of likely N-dealkylation sites (N-methyl/N-ethyl adjacent to an activating group) is 1. The average molecular weight is 951 g/mol. The Labute approximate surface area is 416 Å². The lowest BCUT2D eigenvalue weighted by Crippen LogP contribution is -2.55. The fourth-order valence-electron chi connectivity index (χ4n) is 9.43. The molecule has 0 saturated carbocycles. The first-order valence-electron chi connectivity index (χ1n) is 29.6. The van der Waals surface area contributed by atoms with Crippen LogP contribution in [0.2, 0.25) is 0 Å². The van der Waals surface area contributed by atoms with Gasteiger partial charge in [0.2, 0.25) is 0 Å². The Kier molecular flexibility index (Phi) is 49.4. The van der Waals surface area contributed by atoms with Gasteiger partial charge in [0.1, 0.15) is 12.6 Å². The number of unbranched alkanes of at least 4 members (excludes halogenated alkanes) is 41. The summed E-state index contributed by atoms with van der Waals surface area (Å²) in [5.41, 5.74) is 0. The number of hydrogen-bond donors (Lipinski definition) is 0. The fourth-order valence-corrected chi connectivity index (χ4v) is 9.43. The molecule has 0 aliphatic carbocycles. The van der Waals surface area contributed by atoms with E-state index in [1.165, 1.54) is 238 Å². The number of carbonyl (C=O) groups is 3. The predicted molar refractivity (Wildman–Crippen MR) is 282 cm³/mol. The topological polar surface area (TPSA) is 102 Å². The normalized spacial score (nSPS) is 12.7. The number of esters is 2. The van der Waals surface area contributed by atoms with Gasteiger partial charge in [0, 0.05) is 19.3 Å². The average Bonchev–Trinajstić information content (AvgIpc) is 3.29. The minimum atomic E-state index is -1.12. The Bertz CT molecular complexity index is 1060. The van der Waals surface area contributed by atoms with Crippen LogP contribution in [0.1, 0.15) is 309 Å². The molecule has 0 aliphatic heterocycles. The highest BCUT2D eigenvalue weighted by Crippen LogP contribution is 2.18. The van der Waals surface area contributed by atoms with E-state index >= 15 is 0 Å². The van der Waals surface area contributed by atoms with E-state index in [1.54, 1.807) is 0 Å². The first-order valence-corrected chi connectivity index (χ1v) is 29.6. The molecule has 0 rings (SSSR count). The highest BCUT2D eigenvalue weighted by Gasteiger charge is 2.25. The van der Waals surface area contributed by atoms with Crippen LogP contribution in [0.4, 0.5) is 0 Å². The van der Waals surface area contributed by atoms with Crippen LogP contribution in [-0.2, 0) is 28.6 Å². The standard InChI is InChI=1S/C59H115NO7/c1-6-8-10-12-14-16-18-20-22-24-26-28-30-32-34-36-38-40-42-44-46-48-50-58(62)67-55(53-65-52-51-56(59(63)64)60(3,4)5)54-66-57(61)49-47-45-43-41-39-37-35-33-31-29-27-25-23-21-19-17-15-13-11-9-7-2/h55-56H,6-54H2,1-5H3. The number of quaternary nitrogens is 1. The SMILES string of the molecule is CCCCCCCCCCCCCCCCCCCCCCCCC(=O)OC(COCCC(C(=O)[O-])[N+](C)(C)C)COC(=O)CCCCCCCCCCCCCCCCCCCCCCC. The third kappa shape index (κ3) is 49.1. The molecule has 0 aromatic heterocycles. The van der Waals surface area contributed by atoms with Crippen molar-refractivity contribution in [2.75, 3.05) is 41.0 Å². The molecule has 0 fully saturated rings. The third-order valence-corrected chi connectivity index (χ3v) is 14.0. The first kappa shape index (κ1) is 65.3. The second-order valence-corrected chi connectivity index (χ2v) is 21.6. The van der Waals surface area contributed by atoms with Crippen LogP contribution in [0.25, 0.3) is 0 Å². The Morgan fingerprint density at radius 3 is 0.925 bits per heavy atom. The zero-order valence-electron chi connectivity index (χ0n) is 45.6. The van der Waals surface area contributed by atoms with Crippen molar-refractivity contribution < 1.29 is 38.2 Å². The summed E-state index contributed by atoms with van der Waals surface area (Å²) in [6.07, 6.45) is 57.2. The van der Waals surface area contributed by atoms with E-state index < -0.39 is 18.1 Å². The summed E-state index contributed by atoms with van der Waals surface area (Å²) in [6.45, 7) is 4.75. The van der Waals surface area contributed by atoms with Crippen molar-refractivity contribution >= 4 is 17.9 Å². The summed E-state index contributed by atoms with van der Waals surface area (Å²) >= 11 is 0. The molecule has 0 N–H and O–H groups in total. The monoisotopic (exact) mass is 950 g/mol. The molecule has 0 spiro atoms.